The molecule has 1 amide bonds. The number of alkyl halides is 3. The van der Waals surface area contributed by atoms with Gasteiger partial charge in [0, 0.05) is 44.4 Å². The maximum atomic E-state index is 12.3. The summed E-state index contributed by atoms with van der Waals surface area (Å²) in [6, 6.07) is 5.13. The van der Waals surface area contributed by atoms with Crippen LogP contribution in [0.1, 0.15) is 19.3 Å². The van der Waals surface area contributed by atoms with Crippen LogP contribution >= 0.6 is 0 Å². The van der Waals surface area contributed by atoms with Crippen molar-refractivity contribution in [2.75, 3.05) is 13.1 Å². The second kappa shape index (κ2) is 7.08. The summed E-state index contributed by atoms with van der Waals surface area (Å²) in [5.74, 6) is -0.0183. The van der Waals surface area contributed by atoms with E-state index in [2.05, 4.69) is 15.3 Å². The Morgan fingerprint density at radius 1 is 1.24 bits per heavy atom. The van der Waals surface area contributed by atoms with Crippen LogP contribution in [0.2, 0.25) is 0 Å². The summed E-state index contributed by atoms with van der Waals surface area (Å²) in [4.78, 5) is 12.8. The number of halogens is 3. The van der Waals surface area contributed by atoms with Crippen LogP contribution in [-0.2, 0) is 4.79 Å². The van der Waals surface area contributed by atoms with Crippen molar-refractivity contribution >= 4 is 5.91 Å². The number of amides is 1. The van der Waals surface area contributed by atoms with E-state index in [1.807, 2.05) is 0 Å². The summed E-state index contributed by atoms with van der Waals surface area (Å²) in [6.07, 6.45) is -1.84. The lowest BCUT2D eigenvalue weighted by molar-refractivity contribution is -0.162. The van der Waals surface area contributed by atoms with Gasteiger partial charge in [-0.15, -0.1) is 10.2 Å². The van der Waals surface area contributed by atoms with Crippen molar-refractivity contribution < 1.29 is 22.7 Å². The molecule has 3 heterocycles. The smallest absolute Gasteiger partial charge is 0.397 e. The van der Waals surface area contributed by atoms with E-state index >= 15 is 0 Å². The first-order valence-corrected chi connectivity index (χ1v) is 7.76. The monoisotopic (exact) mass is 355 g/mol. The number of nitrogens with zero attached hydrogens (tertiary/aromatic N) is 5. The van der Waals surface area contributed by atoms with E-state index < -0.39 is 18.5 Å². The molecule has 0 atom stereocenters. The van der Waals surface area contributed by atoms with Crippen molar-refractivity contribution in [3.8, 4) is 11.7 Å². The zero-order chi connectivity index (χ0) is 17.9. The number of hydrogen-bond acceptors (Lipinski definition) is 5. The van der Waals surface area contributed by atoms with Gasteiger partial charge < -0.3 is 9.64 Å². The number of carbonyl (C=O) groups excluding carboxylic acids is 1. The van der Waals surface area contributed by atoms with E-state index in [0.717, 1.165) is 0 Å². The van der Waals surface area contributed by atoms with Gasteiger partial charge in [0.05, 0.1) is 0 Å². The first-order valence-electron chi connectivity index (χ1n) is 7.76. The molecule has 2 aromatic rings. The molecule has 10 heteroatoms. The molecule has 1 saturated heterocycles. The summed E-state index contributed by atoms with van der Waals surface area (Å²) in [6.45, 7) is 0.469. The van der Waals surface area contributed by atoms with Crippen molar-refractivity contribution in [1.82, 2.24) is 24.9 Å². The molecular formula is C15H16F3N5O2. The minimum Gasteiger partial charge on any atom is -0.473 e. The van der Waals surface area contributed by atoms with Gasteiger partial charge in [0.25, 0.3) is 0 Å². The van der Waals surface area contributed by atoms with Crippen LogP contribution in [-0.4, -0.2) is 56.2 Å². The topological polar surface area (TPSA) is 73.1 Å². The van der Waals surface area contributed by atoms with Gasteiger partial charge in [0.15, 0.2) is 5.82 Å². The third kappa shape index (κ3) is 4.68. The van der Waals surface area contributed by atoms with Crippen molar-refractivity contribution in [3.05, 3.63) is 30.6 Å². The van der Waals surface area contributed by atoms with Crippen LogP contribution in [0.25, 0.3) is 5.82 Å². The minimum atomic E-state index is -4.48. The van der Waals surface area contributed by atoms with Crippen molar-refractivity contribution in [2.45, 2.75) is 31.5 Å². The molecule has 0 radical (unpaired) electrons. The Labute approximate surface area is 141 Å². The highest BCUT2D eigenvalue weighted by molar-refractivity contribution is 5.76. The summed E-state index contributed by atoms with van der Waals surface area (Å²) in [7, 11) is 0. The van der Waals surface area contributed by atoms with Crippen LogP contribution in [0.3, 0.4) is 0 Å². The number of hydrogen-bond donors (Lipinski definition) is 0. The van der Waals surface area contributed by atoms with E-state index in [0.29, 0.717) is 24.5 Å². The molecule has 1 fully saturated rings. The Hall–Kier alpha value is -2.65. The van der Waals surface area contributed by atoms with Crippen LogP contribution < -0.4 is 4.74 Å². The van der Waals surface area contributed by atoms with Crippen LogP contribution in [0, 0.1) is 0 Å². The molecule has 0 aromatic carbocycles. The lowest BCUT2D eigenvalue weighted by Crippen LogP contribution is -2.43. The maximum absolute atomic E-state index is 12.3. The zero-order valence-electron chi connectivity index (χ0n) is 13.2. The third-order valence-corrected chi connectivity index (χ3v) is 3.80. The molecule has 0 saturated carbocycles. The Kier molecular flexibility index (Phi) is 4.86. The minimum absolute atomic E-state index is 0.209. The second-order valence-corrected chi connectivity index (χ2v) is 5.67. The maximum Gasteiger partial charge on any atom is 0.397 e. The highest BCUT2D eigenvalue weighted by Gasteiger charge is 2.34. The Morgan fingerprint density at radius 3 is 2.56 bits per heavy atom. The molecule has 0 unspecified atom stereocenters. The summed E-state index contributed by atoms with van der Waals surface area (Å²) in [5, 5.41) is 12.0. The molecule has 0 bridgehead atoms. The number of rotatable bonds is 4. The van der Waals surface area contributed by atoms with Gasteiger partial charge >= 0.3 is 6.18 Å². The Balaban J connectivity index is 1.50. The molecule has 0 N–H and O–H groups in total. The van der Waals surface area contributed by atoms with Gasteiger partial charge in [-0.1, -0.05) is 0 Å². The molecule has 25 heavy (non-hydrogen) atoms. The fourth-order valence-electron chi connectivity index (χ4n) is 2.58. The highest BCUT2D eigenvalue weighted by atomic mass is 19.4. The standard InChI is InChI=1S/C15H16F3N5O2/c16-15(17,18)10-14(24)22-8-4-11(5-9-22)25-13-3-2-12(20-21-13)23-7-1-6-19-23/h1-3,6-7,11H,4-5,8-10H2. The molecule has 2 aromatic heterocycles. The highest BCUT2D eigenvalue weighted by Crippen LogP contribution is 2.23. The lowest BCUT2D eigenvalue weighted by atomic mass is 10.1. The first-order chi connectivity index (χ1) is 11.9. The number of piperidine rings is 1. The van der Waals surface area contributed by atoms with E-state index in [1.165, 1.54) is 4.90 Å². The molecule has 3 rings (SSSR count). The van der Waals surface area contributed by atoms with Crippen molar-refractivity contribution in [2.24, 2.45) is 0 Å². The van der Waals surface area contributed by atoms with Crippen LogP contribution in [0.15, 0.2) is 30.6 Å². The Morgan fingerprint density at radius 2 is 2.00 bits per heavy atom. The molecular weight excluding hydrogens is 339 g/mol. The quantitative estimate of drug-likeness (QED) is 0.839. The molecule has 1 aliphatic rings. The lowest BCUT2D eigenvalue weighted by Gasteiger charge is -2.32. The second-order valence-electron chi connectivity index (χ2n) is 5.67. The zero-order valence-corrected chi connectivity index (χ0v) is 13.2. The van der Waals surface area contributed by atoms with Gasteiger partial charge in [-0.25, -0.2) is 4.68 Å². The summed E-state index contributed by atoms with van der Waals surface area (Å²) in [5.41, 5.74) is 0. The third-order valence-electron chi connectivity index (χ3n) is 3.80. The largest absolute Gasteiger partial charge is 0.473 e. The SMILES string of the molecule is O=C(CC(F)(F)F)N1CCC(Oc2ccc(-n3cccn3)nn2)CC1. The normalized spacial score (nSPS) is 16.0. The average molecular weight is 355 g/mol. The fourth-order valence-corrected chi connectivity index (χ4v) is 2.58. The van der Waals surface area contributed by atoms with E-state index in [-0.39, 0.29) is 19.2 Å². The number of ether oxygens (including phenoxy) is 1. The van der Waals surface area contributed by atoms with E-state index in [1.54, 1.807) is 35.3 Å². The molecule has 0 spiro atoms. The van der Waals surface area contributed by atoms with Crippen LogP contribution in [0.5, 0.6) is 5.88 Å². The predicted octanol–water partition coefficient (Wildman–Crippen LogP) is 1.98. The summed E-state index contributed by atoms with van der Waals surface area (Å²) >= 11 is 0. The van der Waals surface area contributed by atoms with E-state index in [9.17, 15) is 18.0 Å². The first kappa shape index (κ1) is 17.2. The van der Waals surface area contributed by atoms with Crippen molar-refractivity contribution in [1.29, 1.82) is 0 Å². The van der Waals surface area contributed by atoms with Gasteiger partial charge in [-0.2, -0.15) is 18.3 Å². The van der Waals surface area contributed by atoms with Gasteiger partial charge in [0.2, 0.25) is 11.8 Å². The van der Waals surface area contributed by atoms with E-state index in [4.69, 9.17) is 4.74 Å². The molecule has 0 aliphatic carbocycles. The number of likely N-dealkylation sites (tertiary alicyclic amines) is 1. The molecule has 134 valence electrons. The molecule has 1 aliphatic heterocycles. The fraction of sp³-hybridized carbons (Fsp3) is 0.467. The van der Waals surface area contributed by atoms with Gasteiger partial charge in [-0.05, 0) is 12.1 Å². The van der Waals surface area contributed by atoms with Crippen molar-refractivity contribution in [3.63, 3.8) is 0 Å². The number of aromatic nitrogens is 4. The number of carbonyl (C=O) groups is 1. The average Bonchev–Trinajstić information content (AvgIpc) is 3.09. The predicted molar refractivity (Wildman–Crippen MR) is 80.1 cm³/mol. The molecule has 7 nitrogen and oxygen atoms in total. The van der Waals surface area contributed by atoms with Gasteiger partial charge in [-0.3, -0.25) is 4.79 Å². The van der Waals surface area contributed by atoms with Gasteiger partial charge in [0.1, 0.15) is 12.5 Å². The summed E-state index contributed by atoms with van der Waals surface area (Å²) < 4.78 is 44.0. The van der Waals surface area contributed by atoms with Crippen LogP contribution in [0.4, 0.5) is 13.2 Å². The Bertz CT molecular complexity index is 695.